The number of morpholine rings is 1. The van der Waals surface area contributed by atoms with Crippen molar-refractivity contribution in [3.8, 4) is 0 Å². The Morgan fingerprint density at radius 2 is 1.67 bits per heavy atom. The molecule has 0 spiro atoms. The van der Waals surface area contributed by atoms with Crippen molar-refractivity contribution in [3.05, 3.63) is 29.8 Å². The van der Waals surface area contributed by atoms with Gasteiger partial charge in [0, 0.05) is 38.4 Å². The summed E-state index contributed by atoms with van der Waals surface area (Å²) in [6, 6.07) is 8.98. The molecule has 1 aromatic carbocycles. The third-order valence-corrected chi connectivity index (χ3v) is 3.57. The number of nitrogens with zero attached hydrogens (tertiary/aromatic N) is 2. The number of benzene rings is 1. The molecule has 1 aliphatic heterocycles. The molecule has 3 heteroatoms. The first-order chi connectivity index (χ1) is 8.83. The highest BCUT2D eigenvalue weighted by Crippen LogP contribution is 2.16. The summed E-state index contributed by atoms with van der Waals surface area (Å²) in [6.45, 7) is 11.4. The molecule has 0 N–H and O–H groups in total. The molecule has 0 aromatic heterocycles. The zero-order valence-corrected chi connectivity index (χ0v) is 11.6. The molecule has 0 atom stereocenters. The molecule has 1 saturated heterocycles. The van der Waals surface area contributed by atoms with Gasteiger partial charge < -0.3 is 9.64 Å². The molecule has 18 heavy (non-hydrogen) atoms. The van der Waals surface area contributed by atoms with Gasteiger partial charge in [-0.3, -0.25) is 4.90 Å². The Kier molecular flexibility index (Phi) is 5.02. The Bertz CT molecular complexity index is 340. The van der Waals surface area contributed by atoms with Gasteiger partial charge in [-0.05, 0) is 31.5 Å². The average molecular weight is 248 g/mol. The lowest BCUT2D eigenvalue weighted by Gasteiger charge is -2.27. The van der Waals surface area contributed by atoms with E-state index in [1.54, 1.807) is 0 Å². The summed E-state index contributed by atoms with van der Waals surface area (Å²) in [7, 11) is 0. The molecule has 3 nitrogen and oxygen atoms in total. The lowest BCUT2D eigenvalue weighted by Crippen LogP contribution is -2.35. The Morgan fingerprint density at radius 3 is 2.22 bits per heavy atom. The van der Waals surface area contributed by atoms with E-state index in [-0.39, 0.29) is 0 Å². The minimum atomic E-state index is 0.873. The summed E-state index contributed by atoms with van der Waals surface area (Å²) in [6.07, 6.45) is 0. The third-order valence-electron chi connectivity index (χ3n) is 3.57. The van der Waals surface area contributed by atoms with Crippen molar-refractivity contribution in [1.29, 1.82) is 0 Å². The molecule has 1 aliphatic rings. The number of anilines is 1. The van der Waals surface area contributed by atoms with Gasteiger partial charge in [-0.2, -0.15) is 0 Å². The second-order valence-electron chi connectivity index (χ2n) is 4.73. The highest BCUT2D eigenvalue weighted by Gasteiger charge is 2.10. The summed E-state index contributed by atoms with van der Waals surface area (Å²) in [5.74, 6) is 0. The molecule has 0 aliphatic carbocycles. The van der Waals surface area contributed by atoms with Crippen molar-refractivity contribution in [1.82, 2.24) is 4.90 Å². The molecule has 2 rings (SSSR count). The van der Waals surface area contributed by atoms with Gasteiger partial charge in [0.1, 0.15) is 0 Å². The van der Waals surface area contributed by atoms with E-state index in [0.717, 1.165) is 45.9 Å². The van der Waals surface area contributed by atoms with Gasteiger partial charge in [-0.15, -0.1) is 0 Å². The summed E-state index contributed by atoms with van der Waals surface area (Å²) >= 11 is 0. The zero-order valence-electron chi connectivity index (χ0n) is 11.6. The monoisotopic (exact) mass is 248 g/mol. The van der Waals surface area contributed by atoms with E-state index in [0.29, 0.717) is 0 Å². The fraction of sp³-hybridized carbons (Fsp3) is 0.600. The van der Waals surface area contributed by atoms with E-state index >= 15 is 0 Å². The van der Waals surface area contributed by atoms with E-state index in [4.69, 9.17) is 4.74 Å². The summed E-state index contributed by atoms with van der Waals surface area (Å²) < 4.78 is 5.37. The van der Waals surface area contributed by atoms with Crippen LogP contribution in [0, 0.1) is 0 Å². The molecular formula is C15H24N2O. The molecule has 0 unspecified atom stereocenters. The minimum Gasteiger partial charge on any atom is -0.379 e. The largest absolute Gasteiger partial charge is 0.379 e. The summed E-state index contributed by atoms with van der Waals surface area (Å²) in [4.78, 5) is 4.83. The summed E-state index contributed by atoms with van der Waals surface area (Å²) in [5.41, 5.74) is 2.72. The van der Waals surface area contributed by atoms with Gasteiger partial charge in [0.15, 0.2) is 0 Å². The van der Waals surface area contributed by atoms with Gasteiger partial charge in [0.2, 0.25) is 0 Å². The number of hydrogen-bond donors (Lipinski definition) is 0. The van der Waals surface area contributed by atoms with Gasteiger partial charge in [0.25, 0.3) is 0 Å². The molecule has 0 bridgehead atoms. The number of rotatable bonds is 5. The minimum absolute atomic E-state index is 0.873. The van der Waals surface area contributed by atoms with Crippen molar-refractivity contribution < 1.29 is 4.74 Å². The predicted octanol–water partition coefficient (Wildman–Crippen LogP) is 2.37. The average Bonchev–Trinajstić information content (AvgIpc) is 2.43. The van der Waals surface area contributed by atoms with Crippen LogP contribution in [0.15, 0.2) is 24.3 Å². The van der Waals surface area contributed by atoms with Crippen molar-refractivity contribution in [2.24, 2.45) is 0 Å². The molecule has 100 valence electrons. The van der Waals surface area contributed by atoms with E-state index in [1.807, 2.05) is 0 Å². The Balaban J connectivity index is 1.94. The Labute approximate surface area is 110 Å². The van der Waals surface area contributed by atoms with Crippen molar-refractivity contribution >= 4 is 5.69 Å². The van der Waals surface area contributed by atoms with Crippen LogP contribution in [0.25, 0.3) is 0 Å². The maximum absolute atomic E-state index is 5.37. The maximum atomic E-state index is 5.37. The van der Waals surface area contributed by atoms with Crippen LogP contribution in [0.5, 0.6) is 0 Å². The highest BCUT2D eigenvalue weighted by atomic mass is 16.5. The van der Waals surface area contributed by atoms with E-state index in [9.17, 15) is 0 Å². The van der Waals surface area contributed by atoms with Gasteiger partial charge in [-0.1, -0.05) is 12.1 Å². The van der Waals surface area contributed by atoms with Crippen LogP contribution < -0.4 is 4.90 Å². The normalized spacial score (nSPS) is 16.8. The smallest absolute Gasteiger partial charge is 0.0594 e. The third kappa shape index (κ3) is 3.47. The topological polar surface area (TPSA) is 15.7 Å². The molecule has 1 heterocycles. The second kappa shape index (κ2) is 6.76. The Morgan fingerprint density at radius 1 is 1.06 bits per heavy atom. The van der Waals surface area contributed by atoms with Gasteiger partial charge in [0.05, 0.1) is 13.2 Å². The lowest BCUT2D eigenvalue weighted by atomic mass is 10.1. The van der Waals surface area contributed by atoms with Crippen LogP contribution in [0.3, 0.4) is 0 Å². The van der Waals surface area contributed by atoms with E-state index in [2.05, 4.69) is 47.9 Å². The molecule has 1 aromatic rings. The molecule has 0 radical (unpaired) electrons. The molecular weight excluding hydrogens is 224 g/mol. The summed E-state index contributed by atoms with van der Waals surface area (Å²) in [5, 5.41) is 0. The maximum Gasteiger partial charge on any atom is 0.0594 e. The number of ether oxygens (including phenoxy) is 1. The quantitative estimate of drug-likeness (QED) is 0.795. The first-order valence-corrected chi connectivity index (χ1v) is 6.97. The van der Waals surface area contributed by atoms with Crippen LogP contribution in [-0.2, 0) is 11.3 Å². The first kappa shape index (κ1) is 13.4. The Hall–Kier alpha value is -1.06. The van der Waals surface area contributed by atoms with Crippen LogP contribution in [-0.4, -0.2) is 44.3 Å². The lowest BCUT2D eigenvalue weighted by molar-refractivity contribution is 0.0342. The van der Waals surface area contributed by atoms with Crippen LogP contribution >= 0.6 is 0 Å². The van der Waals surface area contributed by atoms with Gasteiger partial charge >= 0.3 is 0 Å². The molecule has 0 amide bonds. The predicted molar refractivity (Wildman–Crippen MR) is 76.1 cm³/mol. The van der Waals surface area contributed by atoms with Crippen molar-refractivity contribution in [2.45, 2.75) is 20.4 Å². The first-order valence-electron chi connectivity index (χ1n) is 6.97. The zero-order chi connectivity index (χ0) is 12.8. The fourth-order valence-corrected chi connectivity index (χ4v) is 2.42. The van der Waals surface area contributed by atoms with E-state index < -0.39 is 0 Å². The standard InChI is InChI=1S/C15H24N2O/c1-3-17(4-2)15-7-5-14(6-8-15)13-16-9-11-18-12-10-16/h5-8H,3-4,9-13H2,1-2H3. The second-order valence-corrected chi connectivity index (χ2v) is 4.73. The highest BCUT2D eigenvalue weighted by molar-refractivity contribution is 5.47. The van der Waals surface area contributed by atoms with Crippen LogP contribution in [0.4, 0.5) is 5.69 Å². The molecule has 1 fully saturated rings. The molecule has 0 saturated carbocycles. The fourth-order valence-electron chi connectivity index (χ4n) is 2.42. The van der Waals surface area contributed by atoms with Crippen LogP contribution in [0.1, 0.15) is 19.4 Å². The van der Waals surface area contributed by atoms with Crippen LogP contribution in [0.2, 0.25) is 0 Å². The van der Waals surface area contributed by atoms with Crippen molar-refractivity contribution in [2.75, 3.05) is 44.3 Å². The van der Waals surface area contributed by atoms with E-state index in [1.165, 1.54) is 11.3 Å². The SMILES string of the molecule is CCN(CC)c1ccc(CN2CCOCC2)cc1. The van der Waals surface area contributed by atoms with Gasteiger partial charge in [-0.25, -0.2) is 0 Å². The van der Waals surface area contributed by atoms with Crippen molar-refractivity contribution in [3.63, 3.8) is 0 Å². The number of hydrogen-bond acceptors (Lipinski definition) is 3.